The number of sulfonamides is 1. The van der Waals surface area contributed by atoms with Gasteiger partial charge in [-0.05, 0) is 24.1 Å². The van der Waals surface area contributed by atoms with Crippen LogP contribution >= 0.6 is 0 Å². The van der Waals surface area contributed by atoms with E-state index in [0.29, 0.717) is 12.1 Å². The van der Waals surface area contributed by atoms with E-state index in [-0.39, 0.29) is 18.6 Å². The van der Waals surface area contributed by atoms with Gasteiger partial charge in [-0.15, -0.1) is 0 Å². The quantitative estimate of drug-likeness (QED) is 0.693. The minimum Gasteiger partial charge on any atom is -0.481 e. The summed E-state index contributed by atoms with van der Waals surface area (Å²) in [6.07, 6.45) is 0.178. The fourth-order valence-electron chi connectivity index (χ4n) is 1.54. The van der Waals surface area contributed by atoms with Gasteiger partial charge in [-0.25, -0.2) is 8.42 Å². The maximum Gasteiger partial charge on any atom is 0.306 e. The number of aryl methyl sites for hydroxylation is 1. The molecule has 0 atom stereocenters. The lowest BCUT2D eigenvalue weighted by molar-refractivity contribution is -0.140. The molecule has 2 N–H and O–H groups in total. The van der Waals surface area contributed by atoms with Crippen molar-refractivity contribution in [3.05, 3.63) is 29.8 Å². The van der Waals surface area contributed by atoms with Crippen LogP contribution < -0.4 is 4.72 Å². The molecule has 0 amide bonds. The molecule has 1 aromatic carbocycles. The Hall–Kier alpha value is -2.09. The average Bonchev–Trinajstić information content (AvgIpc) is 2.43. The van der Waals surface area contributed by atoms with Gasteiger partial charge in [0.25, 0.3) is 0 Å². The van der Waals surface area contributed by atoms with E-state index in [4.69, 9.17) is 5.11 Å². The summed E-state index contributed by atoms with van der Waals surface area (Å²) in [6, 6.07) is 6.40. The maximum absolute atomic E-state index is 11.7. The lowest BCUT2D eigenvalue weighted by Gasteiger charge is -2.08. The highest BCUT2D eigenvalue weighted by atomic mass is 32.2. The minimum atomic E-state index is -3.62. The van der Waals surface area contributed by atoms with Crippen molar-refractivity contribution < 1.29 is 27.9 Å². The van der Waals surface area contributed by atoms with Crippen LogP contribution in [0.2, 0.25) is 0 Å². The van der Waals surface area contributed by atoms with Gasteiger partial charge in [-0.1, -0.05) is 12.1 Å². The fraction of sp³-hybridized carbons (Fsp3) is 0.385. The molecule has 0 saturated heterocycles. The third-order valence-electron chi connectivity index (χ3n) is 2.66. The largest absolute Gasteiger partial charge is 0.481 e. The Balaban J connectivity index is 2.58. The zero-order valence-electron chi connectivity index (χ0n) is 11.5. The number of methoxy groups -OCH3 is 1. The van der Waals surface area contributed by atoms with Crippen LogP contribution in [0, 0.1) is 0 Å². The molecular formula is C13H17NO6S. The maximum atomic E-state index is 11.7. The van der Waals surface area contributed by atoms with Crippen LogP contribution in [0.25, 0.3) is 0 Å². The first-order chi connectivity index (χ1) is 9.82. The summed E-state index contributed by atoms with van der Waals surface area (Å²) in [5, 5.41) is 8.58. The number of rotatable bonds is 8. The SMILES string of the molecule is COC(=O)CCS(=O)(=O)Nc1ccc(CCC(=O)O)cc1. The Morgan fingerprint density at radius 3 is 2.33 bits per heavy atom. The number of carbonyl (C=O) groups excluding carboxylic acids is 1. The monoisotopic (exact) mass is 315 g/mol. The first-order valence-electron chi connectivity index (χ1n) is 6.20. The van der Waals surface area contributed by atoms with E-state index in [1.807, 2.05) is 0 Å². The Kier molecular flexibility index (Phi) is 6.16. The number of ether oxygens (including phenoxy) is 1. The van der Waals surface area contributed by atoms with Crippen molar-refractivity contribution in [1.29, 1.82) is 0 Å². The predicted octanol–water partition coefficient (Wildman–Crippen LogP) is 1.01. The van der Waals surface area contributed by atoms with Crippen LogP contribution in [0.3, 0.4) is 0 Å². The molecule has 116 valence electrons. The summed E-state index contributed by atoms with van der Waals surface area (Å²) >= 11 is 0. The number of carboxylic acid groups (broad SMARTS) is 1. The van der Waals surface area contributed by atoms with E-state index in [1.54, 1.807) is 24.3 Å². The van der Waals surface area contributed by atoms with Gasteiger partial charge in [0.1, 0.15) is 0 Å². The molecule has 0 fully saturated rings. The summed E-state index contributed by atoms with van der Waals surface area (Å²) in [5.74, 6) is -1.84. The van der Waals surface area contributed by atoms with Crippen molar-refractivity contribution in [2.75, 3.05) is 17.6 Å². The normalized spacial score (nSPS) is 10.9. The Morgan fingerprint density at radius 1 is 1.19 bits per heavy atom. The van der Waals surface area contributed by atoms with Crippen molar-refractivity contribution in [1.82, 2.24) is 0 Å². The summed E-state index contributed by atoms with van der Waals surface area (Å²) in [7, 11) is -2.43. The predicted molar refractivity (Wildman–Crippen MR) is 76.4 cm³/mol. The van der Waals surface area contributed by atoms with E-state index in [9.17, 15) is 18.0 Å². The lowest BCUT2D eigenvalue weighted by atomic mass is 10.1. The molecule has 0 saturated carbocycles. The number of hydrogen-bond donors (Lipinski definition) is 2. The fourth-order valence-corrected chi connectivity index (χ4v) is 2.57. The molecule has 8 heteroatoms. The molecule has 0 spiro atoms. The molecule has 0 aliphatic carbocycles. The molecule has 1 rings (SSSR count). The number of esters is 1. The number of nitrogens with one attached hydrogen (secondary N) is 1. The topological polar surface area (TPSA) is 110 Å². The summed E-state index contributed by atoms with van der Waals surface area (Å²) < 4.78 is 30.2. The highest BCUT2D eigenvalue weighted by molar-refractivity contribution is 7.92. The molecular weight excluding hydrogens is 298 g/mol. The van der Waals surface area contributed by atoms with Crippen molar-refractivity contribution in [3.63, 3.8) is 0 Å². The first-order valence-corrected chi connectivity index (χ1v) is 7.85. The van der Waals surface area contributed by atoms with E-state index in [1.165, 1.54) is 7.11 Å². The number of benzene rings is 1. The van der Waals surface area contributed by atoms with Crippen LogP contribution in [0.5, 0.6) is 0 Å². The van der Waals surface area contributed by atoms with Crippen LogP contribution in [0.15, 0.2) is 24.3 Å². The Morgan fingerprint density at radius 2 is 1.81 bits per heavy atom. The smallest absolute Gasteiger partial charge is 0.306 e. The van der Waals surface area contributed by atoms with Crippen molar-refractivity contribution in [2.24, 2.45) is 0 Å². The van der Waals surface area contributed by atoms with Gasteiger partial charge in [0.15, 0.2) is 0 Å². The van der Waals surface area contributed by atoms with Gasteiger partial charge < -0.3 is 9.84 Å². The number of aliphatic carboxylic acids is 1. The van der Waals surface area contributed by atoms with Gasteiger partial charge in [0.2, 0.25) is 10.0 Å². The molecule has 0 aliphatic rings. The van der Waals surface area contributed by atoms with Gasteiger partial charge in [-0.2, -0.15) is 0 Å². The van der Waals surface area contributed by atoms with Crippen molar-refractivity contribution in [3.8, 4) is 0 Å². The van der Waals surface area contributed by atoms with Gasteiger partial charge in [-0.3, -0.25) is 14.3 Å². The molecule has 0 heterocycles. The third-order valence-corrected chi connectivity index (χ3v) is 3.95. The van der Waals surface area contributed by atoms with Gasteiger partial charge in [0.05, 0.1) is 19.3 Å². The van der Waals surface area contributed by atoms with Crippen molar-refractivity contribution in [2.45, 2.75) is 19.3 Å². The molecule has 0 unspecified atom stereocenters. The van der Waals surface area contributed by atoms with E-state index >= 15 is 0 Å². The zero-order chi connectivity index (χ0) is 15.9. The van der Waals surface area contributed by atoms with Crippen LogP contribution in [-0.2, 0) is 30.8 Å². The van der Waals surface area contributed by atoms with Crippen molar-refractivity contribution >= 4 is 27.6 Å². The van der Waals surface area contributed by atoms with Crippen LogP contribution in [-0.4, -0.2) is 38.3 Å². The number of anilines is 1. The molecule has 0 aliphatic heterocycles. The summed E-state index contributed by atoms with van der Waals surface area (Å²) in [6.45, 7) is 0. The Labute approximate surface area is 123 Å². The second-order valence-electron chi connectivity index (χ2n) is 4.34. The molecule has 0 aromatic heterocycles. The number of hydrogen-bond acceptors (Lipinski definition) is 5. The van der Waals surface area contributed by atoms with Gasteiger partial charge in [0, 0.05) is 12.1 Å². The van der Waals surface area contributed by atoms with E-state index in [2.05, 4.69) is 9.46 Å². The first kappa shape index (κ1) is 17.0. The second-order valence-corrected chi connectivity index (χ2v) is 6.18. The zero-order valence-corrected chi connectivity index (χ0v) is 12.4. The lowest BCUT2D eigenvalue weighted by Crippen LogP contribution is -2.19. The summed E-state index contributed by atoms with van der Waals surface area (Å²) in [5.41, 5.74) is 1.16. The second kappa shape index (κ2) is 7.63. The molecule has 0 radical (unpaired) electrons. The summed E-state index contributed by atoms with van der Waals surface area (Å²) in [4.78, 5) is 21.4. The standard InChI is InChI=1S/C13H17NO6S/c1-20-13(17)8-9-21(18,19)14-11-5-2-10(3-6-11)4-7-12(15)16/h2-3,5-6,14H,4,7-9H2,1H3,(H,15,16). The Bertz CT molecular complexity index is 594. The minimum absolute atomic E-state index is 0.0181. The molecule has 21 heavy (non-hydrogen) atoms. The van der Waals surface area contributed by atoms with Crippen LogP contribution in [0.4, 0.5) is 5.69 Å². The van der Waals surface area contributed by atoms with E-state index in [0.717, 1.165) is 5.56 Å². The van der Waals surface area contributed by atoms with Gasteiger partial charge >= 0.3 is 11.9 Å². The third kappa shape index (κ3) is 6.75. The molecule has 7 nitrogen and oxygen atoms in total. The molecule has 0 bridgehead atoms. The van der Waals surface area contributed by atoms with Crippen LogP contribution in [0.1, 0.15) is 18.4 Å². The average molecular weight is 315 g/mol. The number of carboxylic acids is 1. The highest BCUT2D eigenvalue weighted by Gasteiger charge is 2.13. The van der Waals surface area contributed by atoms with E-state index < -0.39 is 22.0 Å². The highest BCUT2D eigenvalue weighted by Crippen LogP contribution is 2.13. The molecule has 1 aromatic rings. The number of carbonyl (C=O) groups is 2.